The van der Waals surface area contributed by atoms with Gasteiger partial charge < -0.3 is 0 Å². The predicted octanol–water partition coefficient (Wildman–Crippen LogP) is 2.93. The lowest BCUT2D eigenvalue weighted by atomic mass is 10.4. The van der Waals surface area contributed by atoms with Gasteiger partial charge in [0.25, 0.3) is 0 Å². The highest BCUT2D eigenvalue weighted by atomic mass is 79.9. The molecule has 0 spiro atoms. The third-order valence-corrected chi connectivity index (χ3v) is 5.81. The van der Waals surface area contributed by atoms with Gasteiger partial charge in [-0.25, -0.2) is 4.21 Å². The SMILES string of the molecule is CS1(=O)=NSc2cccc(Br)c21. The van der Waals surface area contributed by atoms with Crippen LogP contribution in [-0.2, 0) is 9.73 Å². The topological polar surface area (TPSA) is 29.4 Å². The smallest absolute Gasteiger partial charge is 0.0859 e. The summed E-state index contributed by atoms with van der Waals surface area (Å²) in [4.78, 5) is 1.84. The highest BCUT2D eigenvalue weighted by Crippen LogP contribution is 2.40. The second-order valence-electron chi connectivity index (χ2n) is 2.54. The highest BCUT2D eigenvalue weighted by Gasteiger charge is 2.21. The third kappa shape index (κ3) is 1.20. The minimum absolute atomic E-state index is 0.843. The highest BCUT2D eigenvalue weighted by molar-refractivity contribution is 9.10. The fourth-order valence-electron chi connectivity index (χ4n) is 1.08. The van der Waals surface area contributed by atoms with Gasteiger partial charge in [-0.1, -0.05) is 6.07 Å². The summed E-state index contributed by atoms with van der Waals surface area (Å²) in [6.45, 7) is 0. The van der Waals surface area contributed by atoms with Crippen molar-refractivity contribution in [2.24, 2.45) is 3.77 Å². The molecule has 0 N–H and O–H groups in total. The number of hydrogen-bond donors (Lipinski definition) is 0. The summed E-state index contributed by atoms with van der Waals surface area (Å²) >= 11 is 4.68. The van der Waals surface area contributed by atoms with Gasteiger partial charge in [0.15, 0.2) is 0 Å². The fourth-order valence-corrected chi connectivity index (χ4v) is 5.44. The van der Waals surface area contributed by atoms with Crippen molar-refractivity contribution in [2.45, 2.75) is 9.79 Å². The van der Waals surface area contributed by atoms with Gasteiger partial charge in [-0.05, 0) is 28.1 Å². The fraction of sp³-hybridized carbons (Fsp3) is 0.143. The van der Waals surface area contributed by atoms with E-state index >= 15 is 0 Å². The standard InChI is InChI=1S/C7H6BrNOS2/c1-12(10)7-5(8)3-2-4-6(7)11-9-12/h2-4H,1H3. The Balaban J connectivity index is 2.82. The normalized spacial score (nSPS) is 26.5. The molecule has 1 heterocycles. The first-order chi connectivity index (χ1) is 5.61. The van der Waals surface area contributed by atoms with E-state index in [4.69, 9.17) is 0 Å². The van der Waals surface area contributed by atoms with Crippen molar-refractivity contribution in [3.63, 3.8) is 0 Å². The molecule has 1 atom stereocenters. The van der Waals surface area contributed by atoms with E-state index < -0.39 is 9.73 Å². The summed E-state index contributed by atoms with van der Waals surface area (Å²) in [6, 6.07) is 5.75. The molecule has 0 saturated heterocycles. The first-order valence-corrected chi connectivity index (χ1v) is 6.77. The van der Waals surface area contributed by atoms with E-state index in [-0.39, 0.29) is 0 Å². The third-order valence-electron chi connectivity index (χ3n) is 1.59. The van der Waals surface area contributed by atoms with Crippen LogP contribution in [0.2, 0.25) is 0 Å². The molecule has 0 fully saturated rings. The molecule has 64 valence electrons. The zero-order valence-corrected chi connectivity index (χ0v) is 9.50. The van der Waals surface area contributed by atoms with Gasteiger partial charge >= 0.3 is 0 Å². The second kappa shape index (κ2) is 2.75. The Kier molecular flexibility index (Phi) is 1.97. The van der Waals surface area contributed by atoms with Crippen LogP contribution < -0.4 is 0 Å². The van der Waals surface area contributed by atoms with Gasteiger partial charge in [-0.3, -0.25) is 0 Å². The molecule has 1 aliphatic heterocycles. The molecule has 2 rings (SSSR count). The second-order valence-corrected chi connectivity index (χ2v) is 6.62. The number of fused-ring (bicyclic) bond motifs is 1. The van der Waals surface area contributed by atoms with Gasteiger partial charge in [-0.15, -0.1) is 0 Å². The summed E-state index contributed by atoms with van der Waals surface area (Å²) < 4.78 is 16.7. The molecule has 5 heteroatoms. The quantitative estimate of drug-likeness (QED) is 0.674. The van der Waals surface area contributed by atoms with E-state index in [1.165, 1.54) is 11.9 Å². The number of halogens is 1. The molecule has 2 nitrogen and oxygen atoms in total. The summed E-state index contributed by atoms with van der Waals surface area (Å²) in [5, 5.41) is 0. The summed E-state index contributed by atoms with van der Waals surface area (Å²) in [6.07, 6.45) is 1.66. The van der Waals surface area contributed by atoms with Crippen molar-refractivity contribution < 1.29 is 4.21 Å². The number of hydrogen-bond acceptors (Lipinski definition) is 3. The predicted molar refractivity (Wildman–Crippen MR) is 54.8 cm³/mol. The Morgan fingerprint density at radius 2 is 2.33 bits per heavy atom. The lowest BCUT2D eigenvalue weighted by Gasteiger charge is -2.01. The minimum atomic E-state index is -2.15. The summed E-state index contributed by atoms with van der Waals surface area (Å²) in [7, 11) is -2.15. The van der Waals surface area contributed by atoms with Crippen molar-refractivity contribution >= 4 is 37.6 Å². The first kappa shape index (κ1) is 8.59. The lowest BCUT2D eigenvalue weighted by molar-refractivity contribution is 0.680. The zero-order valence-electron chi connectivity index (χ0n) is 6.28. The zero-order chi connectivity index (χ0) is 8.77. The number of rotatable bonds is 0. The maximum absolute atomic E-state index is 11.8. The van der Waals surface area contributed by atoms with E-state index in [1.54, 1.807) is 6.26 Å². The summed E-state index contributed by atoms with van der Waals surface area (Å²) in [5.74, 6) is 0. The lowest BCUT2D eigenvalue weighted by Crippen LogP contribution is -1.94. The van der Waals surface area contributed by atoms with Gasteiger partial charge in [0.2, 0.25) is 0 Å². The van der Waals surface area contributed by atoms with Crippen LogP contribution in [0.15, 0.2) is 36.2 Å². The maximum atomic E-state index is 11.8. The van der Waals surface area contributed by atoms with Crippen molar-refractivity contribution in [1.82, 2.24) is 0 Å². The Hall–Kier alpha value is -0.000000000000000111. The molecule has 0 radical (unpaired) electrons. The Bertz CT molecular complexity index is 449. The Morgan fingerprint density at radius 1 is 1.58 bits per heavy atom. The Labute approximate surface area is 84.2 Å². The van der Waals surface area contributed by atoms with Crippen molar-refractivity contribution in [2.75, 3.05) is 6.26 Å². The average Bonchev–Trinajstić information content (AvgIpc) is 2.29. The molecule has 12 heavy (non-hydrogen) atoms. The summed E-state index contributed by atoms with van der Waals surface area (Å²) in [5.41, 5.74) is 0. The average molecular weight is 264 g/mol. The monoisotopic (exact) mass is 263 g/mol. The molecule has 0 saturated carbocycles. The molecular formula is C7H6BrNOS2. The van der Waals surface area contributed by atoms with E-state index in [0.717, 1.165) is 14.3 Å². The molecule has 1 aromatic carbocycles. The molecule has 0 bridgehead atoms. The molecule has 1 aliphatic rings. The van der Waals surface area contributed by atoms with Gasteiger partial charge in [0.1, 0.15) is 0 Å². The van der Waals surface area contributed by atoms with Crippen LogP contribution >= 0.6 is 27.9 Å². The molecule has 0 amide bonds. The van der Waals surface area contributed by atoms with E-state index in [9.17, 15) is 4.21 Å². The Morgan fingerprint density at radius 3 is 3.00 bits per heavy atom. The van der Waals surface area contributed by atoms with E-state index in [1.807, 2.05) is 18.2 Å². The molecule has 1 aromatic rings. The number of benzene rings is 1. The molecule has 1 unspecified atom stereocenters. The van der Waals surface area contributed by atoms with Crippen LogP contribution in [0.4, 0.5) is 0 Å². The van der Waals surface area contributed by atoms with Crippen LogP contribution in [0, 0.1) is 0 Å². The maximum Gasteiger partial charge on any atom is 0.0859 e. The van der Waals surface area contributed by atoms with Crippen LogP contribution in [0.1, 0.15) is 0 Å². The molecular weight excluding hydrogens is 258 g/mol. The van der Waals surface area contributed by atoms with Gasteiger partial charge in [0, 0.05) is 27.6 Å². The van der Waals surface area contributed by atoms with Crippen molar-refractivity contribution in [3.8, 4) is 0 Å². The van der Waals surface area contributed by atoms with Gasteiger partial charge in [0.05, 0.1) is 14.6 Å². The van der Waals surface area contributed by atoms with Crippen molar-refractivity contribution in [1.29, 1.82) is 0 Å². The van der Waals surface area contributed by atoms with Crippen LogP contribution in [0.5, 0.6) is 0 Å². The van der Waals surface area contributed by atoms with E-state index in [0.29, 0.717) is 0 Å². The molecule has 0 aliphatic carbocycles. The molecule has 0 aromatic heterocycles. The first-order valence-electron chi connectivity index (χ1n) is 3.28. The van der Waals surface area contributed by atoms with Crippen LogP contribution in [-0.4, -0.2) is 10.5 Å². The number of nitrogens with zero attached hydrogens (tertiary/aromatic N) is 1. The minimum Gasteiger partial charge on any atom is -0.244 e. The van der Waals surface area contributed by atoms with Crippen LogP contribution in [0.3, 0.4) is 0 Å². The van der Waals surface area contributed by atoms with Gasteiger partial charge in [-0.2, -0.15) is 3.77 Å². The largest absolute Gasteiger partial charge is 0.244 e. The van der Waals surface area contributed by atoms with E-state index in [2.05, 4.69) is 19.7 Å². The van der Waals surface area contributed by atoms with Crippen molar-refractivity contribution in [3.05, 3.63) is 22.7 Å². The van der Waals surface area contributed by atoms with Crippen LogP contribution in [0.25, 0.3) is 0 Å².